The second-order valence-corrected chi connectivity index (χ2v) is 5.06. The van der Waals surface area contributed by atoms with Crippen LogP contribution in [-0.2, 0) is 0 Å². The molecule has 0 amide bonds. The van der Waals surface area contributed by atoms with Crippen LogP contribution in [0.3, 0.4) is 0 Å². The number of hydrogen-bond donors (Lipinski definition) is 2. The molecule has 2 N–H and O–H groups in total. The Morgan fingerprint density at radius 3 is 3.07 bits per heavy atom. The number of aliphatic hydroxyl groups is 1. The predicted octanol–water partition coefficient (Wildman–Crippen LogP) is 2.32. The Bertz CT molecular complexity index is 257. The highest BCUT2D eigenvalue weighted by atomic mass is 35.5. The van der Waals surface area contributed by atoms with Gasteiger partial charge in [-0.3, -0.25) is 0 Å². The first-order valence-corrected chi connectivity index (χ1v) is 6.77. The van der Waals surface area contributed by atoms with Crippen molar-refractivity contribution in [1.82, 2.24) is 4.98 Å². The fourth-order valence-corrected chi connectivity index (χ4v) is 2.48. The fourth-order valence-electron chi connectivity index (χ4n) is 0.834. The number of thioether (sulfide) groups is 1. The van der Waals surface area contributed by atoms with Crippen LogP contribution in [0, 0.1) is 0 Å². The topological polar surface area (TPSA) is 45.1 Å². The van der Waals surface area contributed by atoms with Crippen LogP contribution in [0.15, 0.2) is 5.38 Å². The standard InChI is InChI=1S/C8H13ClN2OS2/c9-7-6-14-8(11-7)10-2-5-13-4-1-3-12/h6,12H,1-5H2,(H,10,11). The number of nitrogens with one attached hydrogen (secondary N) is 1. The molecule has 0 spiro atoms. The van der Waals surface area contributed by atoms with E-state index < -0.39 is 0 Å². The van der Waals surface area contributed by atoms with Gasteiger partial charge in [-0.05, 0) is 12.2 Å². The van der Waals surface area contributed by atoms with Gasteiger partial charge in [-0.15, -0.1) is 11.3 Å². The summed E-state index contributed by atoms with van der Waals surface area (Å²) in [5.74, 6) is 2.04. The molecule has 0 aliphatic heterocycles. The van der Waals surface area contributed by atoms with Crippen molar-refractivity contribution in [2.45, 2.75) is 6.42 Å². The summed E-state index contributed by atoms with van der Waals surface area (Å²) in [7, 11) is 0. The van der Waals surface area contributed by atoms with Crippen molar-refractivity contribution >= 4 is 39.8 Å². The maximum absolute atomic E-state index is 8.55. The van der Waals surface area contributed by atoms with Crippen molar-refractivity contribution in [3.63, 3.8) is 0 Å². The number of aliphatic hydroxyl groups excluding tert-OH is 1. The molecule has 0 atom stereocenters. The van der Waals surface area contributed by atoms with Gasteiger partial charge in [-0.1, -0.05) is 11.6 Å². The first-order chi connectivity index (χ1) is 6.83. The molecule has 6 heteroatoms. The van der Waals surface area contributed by atoms with Gasteiger partial charge < -0.3 is 10.4 Å². The Balaban J connectivity index is 1.99. The van der Waals surface area contributed by atoms with E-state index in [1.165, 1.54) is 11.3 Å². The van der Waals surface area contributed by atoms with E-state index in [0.717, 1.165) is 29.6 Å². The molecule has 0 aliphatic rings. The second-order valence-electron chi connectivity index (χ2n) is 2.59. The van der Waals surface area contributed by atoms with Gasteiger partial charge in [0.15, 0.2) is 5.13 Å². The molecule has 80 valence electrons. The summed E-state index contributed by atoms with van der Waals surface area (Å²) in [6.07, 6.45) is 0.869. The quantitative estimate of drug-likeness (QED) is 0.732. The number of rotatable bonds is 7. The van der Waals surface area contributed by atoms with Crippen LogP contribution in [0.2, 0.25) is 5.15 Å². The summed E-state index contributed by atoms with van der Waals surface area (Å²) in [5, 5.41) is 15.0. The molecule has 0 fully saturated rings. The van der Waals surface area contributed by atoms with Gasteiger partial charge in [-0.2, -0.15) is 11.8 Å². The number of halogens is 1. The summed E-state index contributed by atoms with van der Waals surface area (Å²) >= 11 is 9.01. The van der Waals surface area contributed by atoms with Gasteiger partial charge in [0.1, 0.15) is 5.15 Å². The lowest BCUT2D eigenvalue weighted by atomic mass is 10.5. The Labute approximate surface area is 96.9 Å². The maximum Gasteiger partial charge on any atom is 0.184 e. The third-order valence-corrected chi connectivity index (χ3v) is 3.64. The van der Waals surface area contributed by atoms with Crippen LogP contribution in [-0.4, -0.2) is 34.7 Å². The summed E-state index contributed by atoms with van der Waals surface area (Å²) < 4.78 is 0. The second kappa shape index (κ2) is 7.34. The monoisotopic (exact) mass is 252 g/mol. The third-order valence-electron chi connectivity index (χ3n) is 1.45. The molecule has 3 nitrogen and oxygen atoms in total. The highest BCUT2D eigenvalue weighted by Crippen LogP contribution is 2.18. The fraction of sp³-hybridized carbons (Fsp3) is 0.625. The normalized spacial score (nSPS) is 10.4. The lowest BCUT2D eigenvalue weighted by molar-refractivity contribution is 0.296. The van der Waals surface area contributed by atoms with E-state index >= 15 is 0 Å². The molecule has 0 unspecified atom stereocenters. The van der Waals surface area contributed by atoms with Crippen molar-refractivity contribution in [3.05, 3.63) is 10.5 Å². The van der Waals surface area contributed by atoms with Crippen molar-refractivity contribution in [3.8, 4) is 0 Å². The predicted molar refractivity (Wildman–Crippen MR) is 64.6 cm³/mol. The third kappa shape index (κ3) is 5.05. The number of nitrogens with zero attached hydrogens (tertiary/aromatic N) is 1. The SMILES string of the molecule is OCCCSCCNc1nc(Cl)cs1. The van der Waals surface area contributed by atoms with E-state index in [1.807, 2.05) is 17.1 Å². The summed E-state index contributed by atoms with van der Waals surface area (Å²) in [4.78, 5) is 4.07. The Morgan fingerprint density at radius 2 is 2.43 bits per heavy atom. The zero-order valence-corrected chi connectivity index (χ0v) is 10.1. The molecular formula is C8H13ClN2OS2. The van der Waals surface area contributed by atoms with E-state index in [2.05, 4.69) is 10.3 Å². The molecule has 0 bridgehead atoms. The highest BCUT2D eigenvalue weighted by Gasteiger charge is 1.97. The minimum atomic E-state index is 0.280. The first kappa shape index (κ1) is 12.1. The Hall–Kier alpha value is 0.0300. The minimum Gasteiger partial charge on any atom is -0.396 e. The molecule has 0 aliphatic carbocycles. The van der Waals surface area contributed by atoms with Crippen LogP contribution in [0.25, 0.3) is 0 Å². The lowest BCUT2D eigenvalue weighted by Gasteiger charge is -2.01. The van der Waals surface area contributed by atoms with Crippen molar-refractivity contribution in [2.75, 3.05) is 30.0 Å². The lowest BCUT2D eigenvalue weighted by Crippen LogP contribution is -2.04. The Kier molecular flexibility index (Phi) is 6.34. The summed E-state index contributed by atoms with van der Waals surface area (Å²) in [6.45, 7) is 1.17. The van der Waals surface area contributed by atoms with E-state index in [9.17, 15) is 0 Å². The number of thiazole rings is 1. The maximum atomic E-state index is 8.55. The molecule has 0 saturated heterocycles. The number of anilines is 1. The molecule has 1 rings (SSSR count). The Morgan fingerprint density at radius 1 is 1.57 bits per heavy atom. The van der Waals surface area contributed by atoms with Crippen molar-refractivity contribution < 1.29 is 5.11 Å². The van der Waals surface area contributed by atoms with E-state index in [-0.39, 0.29) is 6.61 Å². The zero-order valence-electron chi connectivity index (χ0n) is 7.70. The smallest absolute Gasteiger partial charge is 0.184 e. The average molecular weight is 253 g/mol. The van der Waals surface area contributed by atoms with E-state index in [0.29, 0.717) is 5.15 Å². The van der Waals surface area contributed by atoms with Crippen molar-refractivity contribution in [2.24, 2.45) is 0 Å². The van der Waals surface area contributed by atoms with Crippen LogP contribution >= 0.6 is 34.7 Å². The molecule has 1 aromatic heterocycles. The minimum absolute atomic E-state index is 0.280. The largest absolute Gasteiger partial charge is 0.396 e. The van der Waals surface area contributed by atoms with Crippen molar-refractivity contribution in [1.29, 1.82) is 0 Å². The molecule has 0 saturated carbocycles. The number of hydrogen-bond acceptors (Lipinski definition) is 5. The molecule has 0 radical (unpaired) electrons. The molecular weight excluding hydrogens is 240 g/mol. The van der Waals surface area contributed by atoms with Gasteiger partial charge in [0.25, 0.3) is 0 Å². The van der Waals surface area contributed by atoms with Crippen LogP contribution in [0.5, 0.6) is 0 Å². The highest BCUT2D eigenvalue weighted by molar-refractivity contribution is 7.99. The summed E-state index contributed by atoms with van der Waals surface area (Å²) in [5.41, 5.74) is 0. The van der Waals surface area contributed by atoms with E-state index in [4.69, 9.17) is 16.7 Å². The molecule has 1 aromatic rings. The van der Waals surface area contributed by atoms with E-state index in [1.54, 1.807) is 0 Å². The summed E-state index contributed by atoms with van der Waals surface area (Å²) in [6, 6.07) is 0. The van der Waals surface area contributed by atoms with Gasteiger partial charge in [0.2, 0.25) is 0 Å². The molecule has 14 heavy (non-hydrogen) atoms. The van der Waals surface area contributed by atoms with Gasteiger partial charge >= 0.3 is 0 Å². The number of aromatic nitrogens is 1. The van der Waals surface area contributed by atoms with Gasteiger partial charge in [-0.25, -0.2) is 4.98 Å². The van der Waals surface area contributed by atoms with Crippen LogP contribution in [0.1, 0.15) is 6.42 Å². The first-order valence-electron chi connectivity index (χ1n) is 4.36. The van der Waals surface area contributed by atoms with Gasteiger partial charge in [0, 0.05) is 24.3 Å². The zero-order chi connectivity index (χ0) is 10.2. The molecule has 1 heterocycles. The van der Waals surface area contributed by atoms with Gasteiger partial charge in [0.05, 0.1) is 0 Å². The van der Waals surface area contributed by atoms with Crippen LogP contribution in [0.4, 0.5) is 5.13 Å². The molecule has 0 aromatic carbocycles. The van der Waals surface area contributed by atoms with Crippen LogP contribution < -0.4 is 5.32 Å². The average Bonchev–Trinajstić information content (AvgIpc) is 2.58.